The fourth-order valence-electron chi connectivity index (χ4n) is 3.08. The molecule has 2 aliphatic heterocycles. The average molecular weight is 281 g/mol. The second-order valence-corrected chi connectivity index (χ2v) is 6.16. The lowest BCUT2D eigenvalue weighted by molar-refractivity contribution is -0.134. The minimum absolute atomic E-state index is 0.0315. The third kappa shape index (κ3) is 3.95. The van der Waals surface area contributed by atoms with Gasteiger partial charge < -0.3 is 10.2 Å². The molecular weight excluding hydrogens is 254 g/mol. The van der Waals surface area contributed by atoms with Crippen molar-refractivity contribution in [1.29, 1.82) is 0 Å². The Morgan fingerprint density at radius 3 is 2.65 bits per heavy atom. The van der Waals surface area contributed by atoms with E-state index < -0.39 is 0 Å². The van der Waals surface area contributed by atoms with E-state index in [1.807, 2.05) is 6.92 Å². The van der Waals surface area contributed by atoms with Gasteiger partial charge in [0.15, 0.2) is 0 Å². The highest BCUT2D eigenvalue weighted by Gasteiger charge is 2.29. The number of nitrogens with zero attached hydrogens (tertiary/aromatic N) is 2. The maximum absolute atomic E-state index is 12.0. The third-order valence-electron chi connectivity index (χ3n) is 4.55. The van der Waals surface area contributed by atoms with Crippen LogP contribution >= 0.6 is 0 Å². The fraction of sp³-hybridized carbons (Fsp3) is 0.867. The molecular formula is C15H27N3O2. The lowest BCUT2D eigenvalue weighted by Crippen LogP contribution is -2.47. The Hall–Kier alpha value is -1.10. The first-order valence-electron chi connectivity index (χ1n) is 7.88. The molecule has 0 spiro atoms. The SMILES string of the molecule is C[C@@H]1CCC(=O)N1CC(=O)NC[C@H](C)N1CCCCC1. The van der Waals surface area contributed by atoms with Gasteiger partial charge in [-0.15, -0.1) is 0 Å². The van der Waals surface area contributed by atoms with Crippen LogP contribution in [0.25, 0.3) is 0 Å². The molecule has 0 aromatic rings. The van der Waals surface area contributed by atoms with Crippen molar-refractivity contribution in [1.82, 2.24) is 15.1 Å². The van der Waals surface area contributed by atoms with Crippen molar-refractivity contribution in [2.24, 2.45) is 0 Å². The van der Waals surface area contributed by atoms with Crippen molar-refractivity contribution in [3.63, 3.8) is 0 Å². The Morgan fingerprint density at radius 2 is 2.05 bits per heavy atom. The van der Waals surface area contributed by atoms with Crippen molar-refractivity contribution in [3.8, 4) is 0 Å². The first-order chi connectivity index (χ1) is 9.58. The van der Waals surface area contributed by atoms with E-state index in [1.54, 1.807) is 4.90 Å². The lowest BCUT2D eigenvalue weighted by Gasteiger charge is -2.32. The van der Waals surface area contributed by atoms with Crippen molar-refractivity contribution in [2.75, 3.05) is 26.2 Å². The van der Waals surface area contributed by atoms with E-state index in [1.165, 1.54) is 19.3 Å². The van der Waals surface area contributed by atoms with Gasteiger partial charge in [-0.25, -0.2) is 0 Å². The summed E-state index contributed by atoms with van der Waals surface area (Å²) in [6.07, 6.45) is 5.30. The van der Waals surface area contributed by atoms with Gasteiger partial charge in [0.05, 0.1) is 6.54 Å². The molecule has 0 saturated carbocycles. The molecule has 0 aromatic heterocycles. The van der Waals surface area contributed by atoms with Gasteiger partial charge in [-0.2, -0.15) is 0 Å². The van der Waals surface area contributed by atoms with E-state index in [0.29, 0.717) is 19.0 Å². The van der Waals surface area contributed by atoms with Crippen LogP contribution in [-0.4, -0.2) is 59.9 Å². The van der Waals surface area contributed by atoms with Crippen LogP contribution in [0.15, 0.2) is 0 Å². The predicted molar refractivity (Wildman–Crippen MR) is 78.3 cm³/mol. The molecule has 0 aromatic carbocycles. The van der Waals surface area contributed by atoms with E-state index in [9.17, 15) is 9.59 Å². The molecule has 5 heteroatoms. The molecule has 0 bridgehead atoms. The summed E-state index contributed by atoms with van der Waals surface area (Å²) in [6.45, 7) is 7.34. The number of carbonyl (C=O) groups excluding carboxylic acids is 2. The molecule has 0 unspecified atom stereocenters. The second kappa shape index (κ2) is 7.07. The van der Waals surface area contributed by atoms with Gasteiger partial charge in [-0.05, 0) is 46.2 Å². The van der Waals surface area contributed by atoms with Gasteiger partial charge in [0.25, 0.3) is 0 Å². The Bertz CT molecular complexity index is 353. The Kier molecular flexibility index (Phi) is 5.40. The van der Waals surface area contributed by atoms with Crippen molar-refractivity contribution in [2.45, 2.75) is 58.0 Å². The van der Waals surface area contributed by atoms with E-state index >= 15 is 0 Å². The second-order valence-electron chi connectivity index (χ2n) is 6.16. The summed E-state index contributed by atoms with van der Waals surface area (Å²) in [6, 6.07) is 0.582. The molecule has 5 nitrogen and oxygen atoms in total. The number of amides is 2. The molecule has 2 amide bonds. The quantitative estimate of drug-likeness (QED) is 0.817. The average Bonchev–Trinajstić information content (AvgIpc) is 2.77. The normalized spacial score (nSPS) is 25.8. The highest BCUT2D eigenvalue weighted by Crippen LogP contribution is 2.17. The number of hydrogen-bond donors (Lipinski definition) is 1. The van der Waals surface area contributed by atoms with Crippen LogP contribution in [0.5, 0.6) is 0 Å². The number of carbonyl (C=O) groups is 2. The van der Waals surface area contributed by atoms with Gasteiger partial charge in [0, 0.05) is 25.0 Å². The molecule has 0 aliphatic carbocycles. The summed E-state index contributed by atoms with van der Waals surface area (Å²) in [5, 5.41) is 2.97. The number of hydrogen-bond acceptors (Lipinski definition) is 3. The highest BCUT2D eigenvalue weighted by atomic mass is 16.2. The van der Waals surface area contributed by atoms with Gasteiger partial charge in [0.2, 0.25) is 11.8 Å². The molecule has 114 valence electrons. The zero-order valence-electron chi connectivity index (χ0n) is 12.7. The Labute approximate surface area is 121 Å². The summed E-state index contributed by atoms with van der Waals surface area (Å²) in [4.78, 5) is 27.7. The Balaban J connectivity index is 1.70. The molecule has 2 atom stereocenters. The fourth-order valence-corrected chi connectivity index (χ4v) is 3.08. The van der Waals surface area contributed by atoms with Crippen LogP contribution < -0.4 is 5.32 Å². The topological polar surface area (TPSA) is 52.7 Å². The van der Waals surface area contributed by atoms with E-state index in [4.69, 9.17) is 0 Å². The van der Waals surface area contributed by atoms with Gasteiger partial charge >= 0.3 is 0 Å². The molecule has 1 N–H and O–H groups in total. The van der Waals surface area contributed by atoms with Crippen LogP contribution in [0.1, 0.15) is 46.0 Å². The number of rotatable bonds is 5. The first kappa shape index (κ1) is 15.3. The number of piperidine rings is 1. The summed E-state index contributed by atoms with van der Waals surface area (Å²) < 4.78 is 0. The van der Waals surface area contributed by atoms with Crippen LogP contribution in [0.4, 0.5) is 0 Å². The van der Waals surface area contributed by atoms with Gasteiger partial charge in [-0.1, -0.05) is 6.42 Å². The molecule has 2 saturated heterocycles. The molecule has 20 heavy (non-hydrogen) atoms. The smallest absolute Gasteiger partial charge is 0.239 e. The van der Waals surface area contributed by atoms with Crippen molar-refractivity contribution in [3.05, 3.63) is 0 Å². The van der Waals surface area contributed by atoms with Gasteiger partial charge in [-0.3, -0.25) is 14.5 Å². The van der Waals surface area contributed by atoms with Crippen molar-refractivity contribution < 1.29 is 9.59 Å². The summed E-state index contributed by atoms with van der Waals surface area (Å²) in [7, 11) is 0. The standard InChI is InChI=1S/C15H27N3O2/c1-12-6-7-15(20)18(12)11-14(19)16-10-13(2)17-8-4-3-5-9-17/h12-13H,3-11H2,1-2H3,(H,16,19)/t12-,13+/m1/s1. The minimum atomic E-state index is -0.0315. The van der Waals surface area contributed by atoms with Crippen LogP contribution in [0.2, 0.25) is 0 Å². The summed E-state index contributed by atoms with van der Waals surface area (Å²) >= 11 is 0. The maximum atomic E-state index is 12.0. The van der Waals surface area contributed by atoms with Crippen LogP contribution in [0.3, 0.4) is 0 Å². The number of likely N-dealkylation sites (tertiary alicyclic amines) is 2. The lowest BCUT2D eigenvalue weighted by atomic mass is 10.1. The summed E-state index contributed by atoms with van der Waals surface area (Å²) in [5.74, 6) is 0.0766. The van der Waals surface area contributed by atoms with Gasteiger partial charge in [0.1, 0.15) is 0 Å². The van der Waals surface area contributed by atoms with Crippen LogP contribution in [0, 0.1) is 0 Å². The molecule has 0 radical (unpaired) electrons. The van der Waals surface area contributed by atoms with E-state index in [-0.39, 0.29) is 24.4 Å². The molecule has 2 rings (SSSR count). The van der Waals surface area contributed by atoms with E-state index in [0.717, 1.165) is 19.5 Å². The monoisotopic (exact) mass is 281 g/mol. The molecule has 2 heterocycles. The summed E-state index contributed by atoms with van der Waals surface area (Å²) in [5.41, 5.74) is 0. The molecule has 2 aliphatic rings. The van der Waals surface area contributed by atoms with Crippen molar-refractivity contribution >= 4 is 11.8 Å². The zero-order valence-corrected chi connectivity index (χ0v) is 12.7. The molecule has 2 fully saturated rings. The third-order valence-corrected chi connectivity index (χ3v) is 4.55. The minimum Gasteiger partial charge on any atom is -0.353 e. The maximum Gasteiger partial charge on any atom is 0.239 e. The largest absolute Gasteiger partial charge is 0.353 e. The number of nitrogens with one attached hydrogen (secondary N) is 1. The highest BCUT2D eigenvalue weighted by molar-refractivity contribution is 5.86. The van der Waals surface area contributed by atoms with Crippen LogP contribution in [-0.2, 0) is 9.59 Å². The van der Waals surface area contributed by atoms with E-state index in [2.05, 4.69) is 17.1 Å². The first-order valence-corrected chi connectivity index (χ1v) is 7.88. The Morgan fingerprint density at radius 1 is 1.35 bits per heavy atom. The predicted octanol–water partition coefficient (Wildman–Crippen LogP) is 0.988. The zero-order chi connectivity index (χ0) is 14.5.